The topological polar surface area (TPSA) is 160 Å². The minimum absolute atomic E-state index is 0.107. The van der Waals surface area contributed by atoms with Gasteiger partial charge in [0.2, 0.25) is 0 Å². The van der Waals surface area contributed by atoms with E-state index in [1.165, 1.54) is 5.57 Å². The van der Waals surface area contributed by atoms with Gasteiger partial charge < -0.3 is 45.2 Å². The van der Waals surface area contributed by atoms with Gasteiger partial charge in [-0.25, -0.2) is 0 Å². The molecule has 0 bridgehead atoms. The van der Waals surface area contributed by atoms with Gasteiger partial charge in [0.15, 0.2) is 6.29 Å². The number of fused-ring (bicyclic) bond motifs is 5. The number of aliphatic hydroxyl groups excluding tert-OH is 6. The van der Waals surface area contributed by atoms with Crippen molar-refractivity contribution in [2.24, 2.45) is 45.3 Å². The Balaban J connectivity index is 1.58. The van der Waals surface area contributed by atoms with Gasteiger partial charge >= 0.3 is 0 Å². The first-order valence-corrected chi connectivity index (χ1v) is 17.4. The van der Waals surface area contributed by atoms with Crippen molar-refractivity contribution in [3.05, 3.63) is 11.6 Å². The summed E-state index contributed by atoms with van der Waals surface area (Å²) in [5, 5.41) is 77.3. The summed E-state index contributed by atoms with van der Waals surface area (Å²) in [7, 11) is 0. The number of aliphatic hydroxyl groups is 7. The second-order valence-corrected chi connectivity index (χ2v) is 17.5. The summed E-state index contributed by atoms with van der Waals surface area (Å²) in [5.74, 6) is -0.268. The van der Waals surface area contributed by atoms with Crippen molar-refractivity contribution in [1.82, 2.24) is 0 Å². The maximum absolute atomic E-state index is 12.1. The van der Waals surface area contributed by atoms with Crippen LogP contribution in [0.4, 0.5) is 0 Å². The van der Waals surface area contributed by atoms with Gasteiger partial charge in [0.25, 0.3) is 0 Å². The van der Waals surface area contributed by atoms with Gasteiger partial charge in [-0.3, -0.25) is 0 Å². The average molecular weight is 639 g/mol. The number of hydrogen-bond donors (Lipinski definition) is 7. The first-order valence-electron chi connectivity index (χ1n) is 17.4. The molecule has 0 aromatic heterocycles. The molecule has 1 heterocycles. The molecule has 9 heteroatoms. The smallest absolute Gasteiger partial charge is 0.186 e. The van der Waals surface area contributed by atoms with Crippen LogP contribution in [-0.2, 0) is 9.47 Å². The summed E-state index contributed by atoms with van der Waals surface area (Å²) >= 11 is 0. The van der Waals surface area contributed by atoms with E-state index in [1.54, 1.807) is 0 Å². The Labute approximate surface area is 270 Å². The highest BCUT2D eigenvalue weighted by atomic mass is 16.7. The summed E-state index contributed by atoms with van der Waals surface area (Å²) in [6, 6.07) is 0. The predicted molar refractivity (Wildman–Crippen MR) is 170 cm³/mol. The van der Waals surface area contributed by atoms with Crippen molar-refractivity contribution < 1.29 is 45.2 Å². The molecule has 0 unspecified atom stereocenters. The summed E-state index contributed by atoms with van der Waals surface area (Å²) in [6.07, 6.45) is -0.646. The molecule has 0 aromatic rings. The molecule has 0 spiro atoms. The van der Waals surface area contributed by atoms with E-state index in [9.17, 15) is 35.7 Å². The zero-order valence-electron chi connectivity index (χ0n) is 28.8. The Kier molecular flexibility index (Phi) is 9.56. The van der Waals surface area contributed by atoms with Crippen molar-refractivity contribution >= 4 is 0 Å². The molecule has 260 valence electrons. The van der Waals surface area contributed by atoms with E-state index in [0.29, 0.717) is 25.7 Å². The maximum Gasteiger partial charge on any atom is 0.186 e. The van der Waals surface area contributed by atoms with E-state index in [4.69, 9.17) is 9.47 Å². The number of ether oxygens (including phenoxy) is 2. The normalized spacial score (nSPS) is 52.2. The Morgan fingerprint density at radius 2 is 1.60 bits per heavy atom. The third-order valence-corrected chi connectivity index (χ3v) is 14.4. The van der Waals surface area contributed by atoms with Crippen LogP contribution in [0.15, 0.2) is 11.6 Å². The fourth-order valence-corrected chi connectivity index (χ4v) is 11.9. The lowest BCUT2D eigenvalue weighted by Crippen LogP contribution is -2.70. The van der Waals surface area contributed by atoms with Crippen molar-refractivity contribution in [1.29, 1.82) is 0 Å². The monoisotopic (exact) mass is 638 g/mol. The van der Waals surface area contributed by atoms with Gasteiger partial charge in [-0.15, -0.1) is 0 Å². The molecule has 0 radical (unpaired) electrons. The van der Waals surface area contributed by atoms with Crippen molar-refractivity contribution in [2.75, 3.05) is 6.61 Å². The van der Waals surface area contributed by atoms with Gasteiger partial charge in [-0.1, -0.05) is 46.3 Å². The standard InChI is InChI=1S/C36H62O9/c1-19(2)10-9-13-36(8,43)20-11-15-34(6)26(20)22(44-31-29(42)28(41)27(40)23(18-37)45-31)16-24-33(5)14-12-25(39)32(3,4)30(33)21(38)17-35(24,34)7/h10,20-31,37-43H,9,11-18H2,1-8H3/t20-,21+,22+,23-,24-,25-,26-,27-,28+,29-,30-,31-,33+,34-,35+,36+/m1/s1. The zero-order chi connectivity index (χ0) is 33.5. The molecule has 45 heavy (non-hydrogen) atoms. The summed E-state index contributed by atoms with van der Waals surface area (Å²) in [6.45, 7) is 16.6. The molecule has 7 N–H and O–H groups in total. The van der Waals surface area contributed by atoms with E-state index in [-0.39, 0.29) is 39.9 Å². The summed E-state index contributed by atoms with van der Waals surface area (Å²) in [4.78, 5) is 0. The third kappa shape index (κ3) is 5.48. The van der Waals surface area contributed by atoms with Crippen LogP contribution >= 0.6 is 0 Å². The molecule has 5 rings (SSSR count). The van der Waals surface area contributed by atoms with Gasteiger partial charge in [0.1, 0.15) is 24.4 Å². The second kappa shape index (κ2) is 12.1. The van der Waals surface area contributed by atoms with Crippen LogP contribution in [0.2, 0.25) is 0 Å². The molecule has 4 saturated carbocycles. The third-order valence-electron chi connectivity index (χ3n) is 14.4. The van der Waals surface area contributed by atoms with E-state index in [0.717, 1.165) is 25.7 Å². The average Bonchev–Trinajstić information content (AvgIpc) is 3.32. The zero-order valence-corrected chi connectivity index (χ0v) is 28.8. The number of hydrogen-bond acceptors (Lipinski definition) is 9. The molecule has 5 aliphatic rings. The number of allylic oxidation sites excluding steroid dienone is 2. The Bertz CT molecular complexity index is 1100. The number of rotatable bonds is 7. The van der Waals surface area contributed by atoms with Crippen LogP contribution in [0.25, 0.3) is 0 Å². The van der Waals surface area contributed by atoms with Crippen LogP contribution in [0.3, 0.4) is 0 Å². The molecule has 0 aromatic carbocycles. The first kappa shape index (κ1) is 35.7. The Morgan fingerprint density at radius 3 is 2.22 bits per heavy atom. The van der Waals surface area contributed by atoms with Crippen LogP contribution < -0.4 is 0 Å². The van der Waals surface area contributed by atoms with E-state index >= 15 is 0 Å². The maximum atomic E-state index is 12.1. The fourth-order valence-electron chi connectivity index (χ4n) is 11.9. The lowest BCUT2D eigenvalue weighted by molar-refractivity contribution is -0.339. The van der Waals surface area contributed by atoms with Gasteiger partial charge in [0.05, 0.1) is 30.5 Å². The minimum Gasteiger partial charge on any atom is -0.394 e. The summed E-state index contributed by atoms with van der Waals surface area (Å²) < 4.78 is 12.7. The lowest BCUT2D eigenvalue weighted by Gasteiger charge is -2.71. The molecular weight excluding hydrogens is 576 g/mol. The van der Waals surface area contributed by atoms with E-state index in [2.05, 4.69) is 54.5 Å². The van der Waals surface area contributed by atoms with Gasteiger partial charge in [-0.2, -0.15) is 0 Å². The SMILES string of the molecule is CC(C)=CCC[C@](C)(O)[C@@H]1CC[C@]2(C)[C@H]1[C@@H](O[C@@H]1O[C@H](CO)[C@@H](O)[C@H](O)[C@H]1O)C[C@@H]1[C@]3(C)CC[C@@H](O)C(C)(C)[C@H]3[C@@H](O)C[C@@]12C. The highest BCUT2D eigenvalue weighted by Gasteiger charge is 2.73. The highest BCUT2D eigenvalue weighted by molar-refractivity contribution is 5.22. The largest absolute Gasteiger partial charge is 0.394 e. The van der Waals surface area contributed by atoms with Gasteiger partial charge in [-0.05, 0) is 117 Å². The summed E-state index contributed by atoms with van der Waals surface area (Å²) in [5.41, 5.74) is -1.20. The van der Waals surface area contributed by atoms with Crippen LogP contribution in [0.5, 0.6) is 0 Å². The van der Waals surface area contributed by atoms with Crippen molar-refractivity contribution in [3.8, 4) is 0 Å². The van der Waals surface area contributed by atoms with Crippen molar-refractivity contribution in [2.45, 2.75) is 161 Å². The quantitative estimate of drug-likeness (QED) is 0.164. The van der Waals surface area contributed by atoms with Crippen LogP contribution in [0, 0.1) is 45.3 Å². The molecule has 9 nitrogen and oxygen atoms in total. The second-order valence-electron chi connectivity index (χ2n) is 17.5. The van der Waals surface area contributed by atoms with Gasteiger partial charge in [0, 0.05) is 0 Å². The first-order chi connectivity index (χ1) is 20.8. The fraction of sp³-hybridized carbons (Fsp3) is 0.944. The minimum atomic E-state index is -1.54. The molecule has 1 saturated heterocycles. The molecule has 5 fully saturated rings. The predicted octanol–water partition coefficient (Wildman–Crippen LogP) is 3.30. The molecule has 0 amide bonds. The van der Waals surface area contributed by atoms with E-state index < -0.39 is 66.6 Å². The van der Waals surface area contributed by atoms with E-state index in [1.807, 2.05) is 6.92 Å². The molecule has 1 aliphatic heterocycles. The molecular formula is C36H62O9. The van der Waals surface area contributed by atoms with Crippen LogP contribution in [-0.4, -0.2) is 97.0 Å². The molecule has 16 atom stereocenters. The Hall–Kier alpha value is -0.620. The van der Waals surface area contributed by atoms with Crippen LogP contribution in [0.1, 0.15) is 107 Å². The van der Waals surface area contributed by atoms with Crippen molar-refractivity contribution in [3.63, 3.8) is 0 Å². The Morgan fingerprint density at radius 1 is 0.933 bits per heavy atom. The molecule has 4 aliphatic carbocycles. The highest BCUT2D eigenvalue weighted by Crippen LogP contribution is 2.76. The lowest BCUT2D eigenvalue weighted by atomic mass is 9.34.